The smallest absolute Gasteiger partial charge is 0.224 e. The van der Waals surface area contributed by atoms with Gasteiger partial charge in [0.15, 0.2) is 5.78 Å². The van der Waals surface area contributed by atoms with E-state index >= 15 is 0 Å². The highest BCUT2D eigenvalue weighted by molar-refractivity contribution is 9.10. The second-order valence-corrected chi connectivity index (χ2v) is 6.59. The second kappa shape index (κ2) is 8.31. The number of methoxy groups -OCH3 is 1. The molecule has 2 aromatic carbocycles. The van der Waals surface area contributed by atoms with Gasteiger partial charge in [0.25, 0.3) is 0 Å². The minimum atomic E-state index is -0.228. The van der Waals surface area contributed by atoms with Crippen molar-refractivity contribution in [2.24, 2.45) is 0 Å². The fraction of sp³-hybridized carbons (Fsp3) is 0.222. The standard InChI is InChI=1S/C18H17BrClNO3/c1-11-3-5-15(14(19)9-11)21-18(23)8-6-16(22)13-10-12(20)4-7-17(13)24-2/h3-5,7,9-10H,6,8H2,1-2H3,(H,21,23). The van der Waals surface area contributed by atoms with Crippen molar-refractivity contribution >= 4 is 44.9 Å². The third-order valence-corrected chi connectivity index (χ3v) is 4.33. The maximum absolute atomic E-state index is 12.3. The van der Waals surface area contributed by atoms with Crippen LogP contribution in [0, 0.1) is 6.92 Å². The van der Waals surface area contributed by atoms with Gasteiger partial charge in [-0.1, -0.05) is 17.7 Å². The van der Waals surface area contributed by atoms with Gasteiger partial charge in [0.2, 0.25) is 5.91 Å². The Hall–Kier alpha value is -1.85. The molecule has 0 atom stereocenters. The quantitative estimate of drug-likeness (QED) is 0.680. The lowest BCUT2D eigenvalue weighted by Crippen LogP contribution is -2.14. The molecule has 2 rings (SSSR count). The third kappa shape index (κ3) is 4.82. The van der Waals surface area contributed by atoms with Crippen LogP contribution in [0.3, 0.4) is 0 Å². The van der Waals surface area contributed by atoms with Crippen molar-refractivity contribution in [2.45, 2.75) is 19.8 Å². The maximum Gasteiger partial charge on any atom is 0.224 e. The van der Waals surface area contributed by atoms with Gasteiger partial charge in [-0.15, -0.1) is 0 Å². The minimum absolute atomic E-state index is 0.0754. The number of halogens is 2. The molecule has 2 aromatic rings. The average molecular weight is 411 g/mol. The molecule has 0 fully saturated rings. The van der Waals surface area contributed by atoms with E-state index in [0.29, 0.717) is 22.0 Å². The Morgan fingerprint density at radius 2 is 1.92 bits per heavy atom. The van der Waals surface area contributed by atoms with Crippen LogP contribution in [0.5, 0.6) is 5.75 Å². The summed E-state index contributed by atoms with van der Waals surface area (Å²) >= 11 is 9.33. The number of hydrogen-bond acceptors (Lipinski definition) is 3. The lowest BCUT2D eigenvalue weighted by Gasteiger charge is -2.09. The van der Waals surface area contributed by atoms with Crippen LogP contribution < -0.4 is 10.1 Å². The number of aryl methyl sites for hydroxylation is 1. The van der Waals surface area contributed by atoms with Gasteiger partial charge in [-0.25, -0.2) is 0 Å². The van der Waals surface area contributed by atoms with E-state index in [0.717, 1.165) is 10.0 Å². The number of carbonyl (C=O) groups excluding carboxylic acids is 2. The number of amides is 1. The Morgan fingerprint density at radius 3 is 2.58 bits per heavy atom. The summed E-state index contributed by atoms with van der Waals surface area (Å²) < 4.78 is 5.97. The number of Topliss-reactive ketones (excluding diaryl/α,β-unsaturated/α-hetero) is 1. The van der Waals surface area contributed by atoms with Crippen molar-refractivity contribution in [1.82, 2.24) is 0 Å². The summed E-state index contributed by atoms with van der Waals surface area (Å²) in [4.78, 5) is 24.4. The molecule has 0 aliphatic carbocycles. The first-order valence-electron chi connectivity index (χ1n) is 7.33. The van der Waals surface area contributed by atoms with Crippen LogP contribution in [0.15, 0.2) is 40.9 Å². The molecule has 24 heavy (non-hydrogen) atoms. The van der Waals surface area contributed by atoms with Crippen molar-refractivity contribution in [1.29, 1.82) is 0 Å². The van der Waals surface area contributed by atoms with Crippen molar-refractivity contribution in [3.05, 3.63) is 57.0 Å². The Balaban J connectivity index is 1.99. The molecule has 126 valence electrons. The zero-order valence-electron chi connectivity index (χ0n) is 13.4. The van der Waals surface area contributed by atoms with Gasteiger partial charge in [0.1, 0.15) is 5.75 Å². The van der Waals surface area contributed by atoms with E-state index in [-0.39, 0.29) is 24.5 Å². The normalized spacial score (nSPS) is 10.3. The van der Waals surface area contributed by atoms with E-state index in [1.165, 1.54) is 7.11 Å². The van der Waals surface area contributed by atoms with Crippen molar-refractivity contribution < 1.29 is 14.3 Å². The van der Waals surface area contributed by atoms with Crippen LogP contribution in [-0.2, 0) is 4.79 Å². The monoisotopic (exact) mass is 409 g/mol. The molecule has 1 amide bonds. The highest BCUT2D eigenvalue weighted by Crippen LogP contribution is 2.25. The predicted molar refractivity (Wildman–Crippen MR) is 99.1 cm³/mol. The van der Waals surface area contributed by atoms with Crippen molar-refractivity contribution in [2.75, 3.05) is 12.4 Å². The molecule has 0 radical (unpaired) electrons. The summed E-state index contributed by atoms with van der Waals surface area (Å²) in [7, 11) is 1.49. The van der Waals surface area contributed by atoms with Gasteiger partial charge in [-0.2, -0.15) is 0 Å². The minimum Gasteiger partial charge on any atom is -0.496 e. The molecule has 0 saturated carbocycles. The van der Waals surface area contributed by atoms with Crippen LogP contribution in [-0.4, -0.2) is 18.8 Å². The van der Waals surface area contributed by atoms with E-state index in [1.807, 2.05) is 25.1 Å². The van der Waals surface area contributed by atoms with E-state index in [9.17, 15) is 9.59 Å². The first kappa shape index (κ1) is 18.5. The summed E-state index contributed by atoms with van der Waals surface area (Å²) in [6.07, 6.45) is 0.154. The zero-order valence-corrected chi connectivity index (χ0v) is 15.7. The number of carbonyl (C=O) groups is 2. The van der Waals surface area contributed by atoms with Crippen LogP contribution >= 0.6 is 27.5 Å². The number of rotatable bonds is 6. The second-order valence-electron chi connectivity index (χ2n) is 5.30. The zero-order chi connectivity index (χ0) is 17.7. The first-order valence-corrected chi connectivity index (χ1v) is 8.50. The van der Waals surface area contributed by atoms with E-state index in [1.54, 1.807) is 18.2 Å². The van der Waals surface area contributed by atoms with Crippen LogP contribution in [0.2, 0.25) is 5.02 Å². The number of ketones is 1. The molecule has 0 spiro atoms. The van der Waals surface area contributed by atoms with Gasteiger partial charge in [0, 0.05) is 22.3 Å². The van der Waals surface area contributed by atoms with Gasteiger partial charge < -0.3 is 10.1 Å². The summed E-state index contributed by atoms with van der Waals surface area (Å²) in [5, 5.41) is 3.24. The maximum atomic E-state index is 12.3. The summed E-state index contributed by atoms with van der Waals surface area (Å²) in [5.74, 6) is 0.0347. The lowest BCUT2D eigenvalue weighted by atomic mass is 10.1. The number of hydrogen-bond donors (Lipinski definition) is 1. The highest BCUT2D eigenvalue weighted by atomic mass is 79.9. The lowest BCUT2D eigenvalue weighted by molar-refractivity contribution is -0.116. The Bertz CT molecular complexity index is 777. The Morgan fingerprint density at radius 1 is 1.17 bits per heavy atom. The molecule has 0 aliphatic heterocycles. The van der Waals surface area contributed by atoms with Crippen LogP contribution in [0.25, 0.3) is 0 Å². The molecule has 0 bridgehead atoms. The summed E-state index contributed by atoms with van der Waals surface area (Å²) in [6.45, 7) is 1.97. The Labute approximate surface area is 154 Å². The van der Waals surface area contributed by atoms with Gasteiger partial charge >= 0.3 is 0 Å². The Kier molecular flexibility index (Phi) is 6.40. The van der Waals surface area contributed by atoms with Gasteiger partial charge in [0.05, 0.1) is 18.4 Å². The van der Waals surface area contributed by atoms with E-state index < -0.39 is 0 Å². The fourth-order valence-electron chi connectivity index (χ4n) is 2.19. The molecule has 0 unspecified atom stereocenters. The van der Waals surface area contributed by atoms with Crippen LogP contribution in [0.1, 0.15) is 28.8 Å². The summed E-state index contributed by atoms with van der Waals surface area (Å²) in [6, 6.07) is 10.5. The molecular weight excluding hydrogens is 394 g/mol. The largest absolute Gasteiger partial charge is 0.496 e. The van der Waals surface area contributed by atoms with Crippen molar-refractivity contribution in [3.63, 3.8) is 0 Å². The number of benzene rings is 2. The van der Waals surface area contributed by atoms with Crippen molar-refractivity contribution in [3.8, 4) is 5.75 Å². The molecule has 0 aromatic heterocycles. The van der Waals surface area contributed by atoms with Crippen LogP contribution in [0.4, 0.5) is 5.69 Å². The number of anilines is 1. The molecule has 1 N–H and O–H groups in total. The molecule has 0 aliphatic rings. The summed E-state index contributed by atoms with van der Waals surface area (Å²) in [5.41, 5.74) is 2.15. The molecular formula is C18H17BrClNO3. The average Bonchev–Trinajstić information content (AvgIpc) is 2.55. The molecule has 0 saturated heterocycles. The molecule has 6 heteroatoms. The van der Waals surface area contributed by atoms with Gasteiger partial charge in [-0.05, 0) is 58.7 Å². The van der Waals surface area contributed by atoms with E-state index in [2.05, 4.69) is 21.2 Å². The van der Waals surface area contributed by atoms with Gasteiger partial charge in [-0.3, -0.25) is 9.59 Å². The topological polar surface area (TPSA) is 55.4 Å². The van der Waals surface area contributed by atoms with E-state index in [4.69, 9.17) is 16.3 Å². The molecule has 4 nitrogen and oxygen atoms in total. The third-order valence-electron chi connectivity index (χ3n) is 3.44. The number of nitrogens with one attached hydrogen (secondary N) is 1. The molecule has 0 heterocycles. The number of ether oxygens (including phenoxy) is 1. The predicted octanol–water partition coefficient (Wildman–Crippen LogP) is 5.02. The fourth-order valence-corrected chi connectivity index (χ4v) is 2.96. The first-order chi connectivity index (χ1) is 11.4. The highest BCUT2D eigenvalue weighted by Gasteiger charge is 2.15. The SMILES string of the molecule is COc1ccc(Cl)cc1C(=O)CCC(=O)Nc1ccc(C)cc1Br.